The van der Waals surface area contributed by atoms with Gasteiger partial charge in [0.1, 0.15) is 11.5 Å². The van der Waals surface area contributed by atoms with Gasteiger partial charge in [-0.25, -0.2) is 5.43 Å². The number of rotatable bonds is 9. The monoisotopic (exact) mass is 493 g/mol. The summed E-state index contributed by atoms with van der Waals surface area (Å²) < 4.78 is 12.5. The molecule has 4 aromatic rings. The van der Waals surface area contributed by atoms with Crippen LogP contribution < -0.4 is 14.9 Å². The average Bonchev–Trinajstić information content (AvgIpc) is 3.57. The number of hydrogen-bond donors (Lipinski definition) is 1. The maximum absolute atomic E-state index is 12.4. The van der Waals surface area contributed by atoms with Crippen molar-refractivity contribution in [3.05, 3.63) is 70.9 Å². The van der Waals surface area contributed by atoms with Crippen molar-refractivity contribution in [2.24, 2.45) is 5.10 Å². The van der Waals surface area contributed by atoms with Crippen molar-refractivity contribution >= 4 is 34.7 Å². The van der Waals surface area contributed by atoms with Crippen LogP contribution in [-0.2, 0) is 4.79 Å². The Morgan fingerprint density at radius 1 is 1.03 bits per heavy atom. The minimum absolute atomic E-state index is 0.137. The van der Waals surface area contributed by atoms with Crippen molar-refractivity contribution in [1.29, 1.82) is 0 Å². The van der Waals surface area contributed by atoms with Crippen LogP contribution in [0.15, 0.2) is 76.3 Å². The molecule has 2 aromatic carbocycles. The first-order valence-electron chi connectivity index (χ1n) is 10.3. The van der Waals surface area contributed by atoms with Crippen LogP contribution in [-0.4, -0.2) is 46.4 Å². The Labute approximate surface area is 205 Å². The molecule has 8 nitrogen and oxygen atoms in total. The Hall–Kier alpha value is -3.63. The molecule has 0 atom stereocenters. The number of ether oxygens (including phenoxy) is 2. The number of thiophene rings is 1. The van der Waals surface area contributed by atoms with Crippen LogP contribution >= 0.6 is 23.1 Å². The van der Waals surface area contributed by atoms with Gasteiger partial charge in [-0.05, 0) is 66.9 Å². The van der Waals surface area contributed by atoms with Gasteiger partial charge in [0.05, 0.1) is 25.7 Å². The van der Waals surface area contributed by atoms with E-state index in [9.17, 15) is 4.79 Å². The smallest absolute Gasteiger partial charge is 0.250 e. The summed E-state index contributed by atoms with van der Waals surface area (Å²) in [6.07, 6.45) is 0. The van der Waals surface area contributed by atoms with Crippen molar-refractivity contribution in [3.8, 4) is 28.6 Å². The standard InChI is InChI=1S/C24H23N5O3S2/c1-16(21-5-4-14-33-21)25-26-22(30)15-34-24-28-27-23(17-6-10-19(31-2)11-7-17)29(24)18-8-12-20(32-3)13-9-18/h4-14H,15H2,1-3H3,(H,26,30)/b25-16-. The summed E-state index contributed by atoms with van der Waals surface area (Å²) in [5.74, 6) is 2.07. The third kappa shape index (κ3) is 5.46. The number of carbonyl (C=O) groups excluding carboxylic acids is 1. The first kappa shape index (κ1) is 23.5. The number of hydrazone groups is 1. The van der Waals surface area contributed by atoms with Crippen molar-refractivity contribution in [2.45, 2.75) is 12.1 Å². The Balaban J connectivity index is 1.56. The summed E-state index contributed by atoms with van der Waals surface area (Å²) in [5, 5.41) is 15.5. The average molecular weight is 494 g/mol. The molecular formula is C24H23N5O3S2. The summed E-state index contributed by atoms with van der Waals surface area (Å²) in [6, 6.07) is 19.1. The van der Waals surface area contributed by atoms with Crippen LogP contribution in [0.4, 0.5) is 0 Å². The third-order valence-electron chi connectivity index (χ3n) is 4.87. The van der Waals surface area contributed by atoms with E-state index in [0.717, 1.165) is 33.3 Å². The van der Waals surface area contributed by atoms with Gasteiger partial charge in [0, 0.05) is 16.1 Å². The fraction of sp³-hybridized carbons (Fsp3) is 0.167. The predicted molar refractivity (Wildman–Crippen MR) is 135 cm³/mol. The lowest BCUT2D eigenvalue weighted by Gasteiger charge is -2.11. The zero-order valence-electron chi connectivity index (χ0n) is 18.9. The molecule has 0 saturated carbocycles. The van der Waals surface area contributed by atoms with Crippen molar-refractivity contribution < 1.29 is 14.3 Å². The van der Waals surface area contributed by atoms with Crippen LogP contribution in [0.3, 0.4) is 0 Å². The topological polar surface area (TPSA) is 90.6 Å². The maximum atomic E-state index is 12.4. The second kappa shape index (κ2) is 11.0. The predicted octanol–water partition coefficient (Wildman–Crippen LogP) is 4.65. The molecule has 34 heavy (non-hydrogen) atoms. The molecule has 4 rings (SSSR count). The minimum Gasteiger partial charge on any atom is -0.497 e. The molecule has 0 spiro atoms. The molecule has 0 aliphatic heterocycles. The molecule has 0 fully saturated rings. The number of nitrogens with zero attached hydrogens (tertiary/aromatic N) is 4. The molecule has 2 aromatic heterocycles. The molecule has 2 heterocycles. The van der Waals surface area contributed by atoms with Gasteiger partial charge in [-0.3, -0.25) is 9.36 Å². The van der Waals surface area contributed by atoms with Gasteiger partial charge in [-0.2, -0.15) is 5.10 Å². The third-order valence-corrected chi connectivity index (χ3v) is 6.78. The summed E-state index contributed by atoms with van der Waals surface area (Å²) in [5.41, 5.74) is 5.10. The Morgan fingerprint density at radius 3 is 2.32 bits per heavy atom. The summed E-state index contributed by atoms with van der Waals surface area (Å²) in [7, 11) is 3.25. The molecule has 0 saturated heterocycles. The number of methoxy groups -OCH3 is 2. The lowest BCUT2D eigenvalue weighted by Crippen LogP contribution is -2.21. The molecule has 0 aliphatic carbocycles. The van der Waals surface area contributed by atoms with E-state index in [1.165, 1.54) is 11.8 Å². The highest BCUT2D eigenvalue weighted by Gasteiger charge is 2.17. The molecule has 174 valence electrons. The molecule has 0 aliphatic rings. The van der Waals surface area contributed by atoms with Crippen LogP contribution in [0.25, 0.3) is 17.1 Å². The van der Waals surface area contributed by atoms with Crippen LogP contribution in [0.5, 0.6) is 11.5 Å². The van der Waals surface area contributed by atoms with Crippen molar-refractivity contribution in [3.63, 3.8) is 0 Å². The SMILES string of the molecule is COc1ccc(-c2nnc(SCC(=O)N/N=C(/C)c3cccs3)n2-c2ccc(OC)cc2)cc1. The van der Waals surface area contributed by atoms with E-state index >= 15 is 0 Å². The van der Waals surface area contributed by atoms with Gasteiger partial charge in [0.15, 0.2) is 11.0 Å². The van der Waals surface area contributed by atoms with Crippen molar-refractivity contribution in [1.82, 2.24) is 20.2 Å². The van der Waals surface area contributed by atoms with Gasteiger partial charge >= 0.3 is 0 Å². The second-order valence-corrected chi connectivity index (χ2v) is 8.96. The maximum Gasteiger partial charge on any atom is 0.250 e. The van der Waals surface area contributed by atoms with E-state index in [2.05, 4.69) is 20.7 Å². The van der Waals surface area contributed by atoms with E-state index in [4.69, 9.17) is 9.47 Å². The first-order valence-corrected chi connectivity index (χ1v) is 12.2. The van der Waals surface area contributed by atoms with E-state index in [1.54, 1.807) is 25.6 Å². The number of nitrogens with one attached hydrogen (secondary N) is 1. The highest BCUT2D eigenvalue weighted by atomic mass is 32.2. The van der Waals surface area contributed by atoms with E-state index < -0.39 is 0 Å². The van der Waals surface area contributed by atoms with E-state index in [1.807, 2.05) is 77.5 Å². The minimum atomic E-state index is -0.226. The highest BCUT2D eigenvalue weighted by Crippen LogP contribution is 2.29. The van der Waals surface area contributed by atoms with Gasteiger partial charge in [-0.15, -0.1) is 21.5 Å². The van der Waals surface area contributed by atoms with E-state index in [0.29, 0.717) is 11.0 Å². The number of benzene rings is 2. The van der Waals surface area contributed by atoms with Crippen molar-refractivity contribution in [2.75, 3.05) is 20.0 Å². The summed E-state index contributed by atoms with van der Waals surface area (Å²) in [4.78, 5) is 13.5. The lowest BCUT2D eigenvalue weighted by molar-refractivity contribution is -0.118. The van der Waals surface area contributed by atoms with Gasteiger partial charge < -0.3 is 9.47 Å². The molecule has 1 amide bonds. The Morgan fingerprint density at radius 2 is 1.71 bits per heavy atom. The normalized spacial score (nSPS) is 11.3. The largest absolute Gasteiger partial charge is 0.497 e. The second-order valence-electron chi connectivity index (χ2n) is 7.07. The quantitative estimate of drug-likeness (QED) is 0.207. The van der Waals surface area contributed by atoms with Gasteiger partial charge in [-0.1, -0.05) is 17.8 Å². The molecular weight excluding hydrogens is 470 g/mol. The van der Waals surface area contributed by atoms with Crippen LogP contribution in [0.1, 0.15) is 11.8 Å². The van der Waals surface area contributed by atoms with E-state index in [-0.39, 0.29) is 11.7 Å². The highest BCUT2D eigenvalue weighted by molar-refractivity contribution is 7.99. The Bertz CT molecular complexity index is 1270. The number of amides is 1. The molecule has 0 bridgehead atoms. The lowest BCUT2D eigenvalue weighted by atomic mass is 10.2. The first-order chi connectivity index (χ1) is 16.6. The fourth-order valence-electron chi connectivity index (χ4n) is 3.10. The summed E-state index contributed by atoms with van der Waals surface area (Å²) in [6.45, 7) is 1.86. The number of aromatic nitrogens is 3. The van der Waals surface area contributed by atoms with Crippen LogP contribution in [0.2, 0.25) is 0 Å². The number of thioether (sulfide) groups is 1. The molecule has 10 heteroatoms. The fourth-order valence-corrected chi connectivity index (χ4v) is 4.52. The number of hydrogen-bond acceptors (Lipinski definition) is 8. The van der Waals surface area contributed by atoms with Gasteiger partial charge in [0.2, 0.25) is 0 Å². The van der Waals surface area contributed by atoms with Gasteiger partial charge in [0.25, 0.3) is 5.91 Å². The number of carbonyl (C=O) groups is 1. The zero-order chi connectivity index (χ0) is 23.9. The Kier molecular flexibility index (Phi) is 7.61. The molecule has 0 radical (unpaired) electrons. The summed E-state index contributed by atoms with van der Waals surface area (Å²) >= 11 is 2.86. The zero-order valence-corrected chi connectivity index (χ0v) is 20.5. The molecule has 1 N–H and O–H groups in total. The van der Waals surface area contributed by atoms with Crippen LogP contribution in [0, 0.1) is 0 Å². The molecule has 0 unspecified atom stereocenters.